The number of aryl methyl sites for hydroxylation is 1. The van der Waals surface area contributed by atoms with Crippen LogP contribution < -0.4 is 0 Å². The maximum atomic E-state index is 11.8. The molecule has 2 rings (SSSR count). The van der Waals surface area contributed by atoms with Gasteiger partial charge in [-0.2, -0.15) is 0 Å². The zero-order valence-electron chi connectivity index (χ0n) is 10.2. The fourth-order valence-electron chi connectivity index (χ4n) is 1.99. The second-order valence-corrected chi connectivity index (χ2v) is 5.40. The Morgan fingerprint density at radius 3 is 2.94 bits per heavy atom. The monoisotopic (exact) mass is 251 g/mol. The van der Waals surface area contributed by atoms with E-state index in [0.717, 1.165) is 18.5 Å². The van der Waals surface area contributed by atoms with E-state index in [-0.39, 0.29) is 5.97 Å². The van der Waals surface area contributed by atoms with Crippen molar-refractivity contribution in [1.82, 2.24) is 4.98 Å². The molecule has 0 saturated carbocycles. The lowest BCUT2D eigenvalue weighted by Crippen LogP contribution is -2.21. The van der Waals surface area contributed by atoms with Crippen LogP contribution in [0.25, 0.3) is 0 Å². The standard InChI is InChI=1S/C13H17NO2S/c1-9-5-3-4-6-11(9)7-16-13(15)12-10(2)14-8-17-12/h3-4,8-9,11H,5-7H2,1-2H3. The molecule has 3 nitrogen and oxygen atoms in total. The highest BCUT2D eigenvalue weighted by Gasteiger charge is 2.21. The summed E-state index contributed by atoms with van der Waals surface area (Å²) in [5.74, 6) is 0.819. The average Bonchev–Trinajstić information content (AvgIpc) is 2.74. The van der Waals surface area contributed by atoms with Crippen LogP contribution in [-0.2, 0) is 4.74 Å². The molecule has 0 aromatic carbocycles. The number of carbonyl (C=O) groups is 1. The number of carbonyl (C=O) groups excluding carboxylic acids is 1. The van der Waals surface area contributed by atoms with Gasteiger partial charge in [0.1, 0.15) is 4.88 Å². The maximum absolute atomic E-state index is 11.8. The Kier molecular flexibility index (Phi) is 3.94. The number of hydrogen-bond acceptors (Lipinski definition) is 4. The van der Waals surface area contributed by atoms with E-state index >= 15 is 0 Å². The third-order valence-electron chi connectivity index (χ3n) is 3.28. The van der Waals surface area contributed by atoms with Crippen molar-refractivity contribution < 1.29 is 9.53 Å². The molecule has 1 aliphatic carbocycles. The van der Waals surface area contributed by atoms with Crippen molar-refractivity contribution in [2.75, 3.05) is 6.61 Å². The molecule has 0 bridgehead atoms. The molecule has 1 aromatic heterocycles. The molecule has 1 aromatic rings. The molecule has 0 radical (unpaired) electrons. The first-order chi connectivity index (χ1) is 8.18. The molecule has 0 spiro atoms. The highest BCUT2D eigenvalue weighted by Crippen LogP contribution is 2.25. The van der Waals surface area contributed by atoms with E-state index in [1.165, 1.54) is 11.3 Å². The smallest absolute Gasteiger partial charge is 0.350 e. The van der Waals surface area contributed by atoms with Crippen LogP contribution in [0.15, 0.2) is 17.7 Å². The Hall–Kier alpha value is -1.16. The Labute approximate surface area is 106 Å². The number of hydrogen-bond donors (Lipinski definition) is 0. The largest absolute Gasteiger partial charge is 0.461 e. The summed E-state index contributed by atoms with van der Waals surface area (Å²) in [6.07, 6.45) is 6.48. The van der Waals surface area contributed by atoms with Crippen molar-refractivity contribution in [3.05, 3.63) is 28.2 Å². The van der Waals surface area contributed by atoms with Crippen LogP contribution in [0.4, 0.5) is 0 Å². The van der Waals surface area contributed by atoms with Crippen molar-refractivity contribution in [3.8, 4) is 0 Å². The van der Waals surface area contributed by atoms with E-state index in [0.29, 0.717) is 23.3 Å². The van der Waals surface area contributed by atoms with Crippen LogP contribution in [0.3, 0.4) is 0 Å². The average molecular weight is 251 g/mol. The third kappa shape index (κ3) is 2.94. The lowest BCUT2D eigenvalue weighted by Gasteiger charge is -2.24. The van der Waals surface area contributed by atoms with Gasteiger partial charge in [0.2, 0.25) is 0 Å². The normalized spacial score (nSPS) is 23.6. The minimum Gasteiger partial charge on any atom is -0.461 e. The molecule has 0 saturated heterocycles. The van der Waals surface area contributed by atoms with Crippen LogP contribution in [0.5, 0.6) is 0 Å². The van der Waals surface area contributed by atoms with E-state index in [1.807, 2.05) is 6.92 Å². The van der Waals surface area contributed by atoms with Crippen LogP contribution in [-0.4, -0.2) is 17.6 Å². The second kappa shape index (κ2) is 5.45. The van der Waals surface area contributed by atoms with Gasteiger partial charge in [0.15, 0.2) is 0 Å². The summed E-state index contributed by atoms with van der Waals surface area (Å²) in [5, 5.41) is 0. The van der Waals surface area contributed by atoms with E-state index < -0.39 is 0 Å². The lowest BCUT2D eigenvalue weighted by molar-refractivity contribution is 0.0400. The van der Waals surface area contributed by atoms with Gasteiger partial charge in [-0.15, -0.1) is 11.3 Å². The highest BCUT2D eigenvalue weighted by atomic mass is 32.1. The number of allylic oxidation sites excluding steroid dienone is 2. The van der Waals surface area contributed by atoms with Gasteiger partial charge in [-0.3, -0.25) is 0 Å². The van der Waals surface area contributed by atoms with Crippen LogP contribution in [0.2, 0.25) is 0 Å². The Morgan fingerprint density at radius 1 is 1.53 bits per heavy atom. The molecule has 1 heterocycles. The SMILES string of the molecule is Cc1ncsc1C(=O)OCC1CC=CCC1C. The molecule has 92 valence electrons. The van der Waals surface area contributed by atoms with Crippen molar-refractivity contribution in [2.45, 2.75) is 26.7 Å². The van der Waals surface area contributed by atoms with Gasteiger partial charge in [-0.25, -0.2) is 9.78 Å². The van der Waals surface area contributed by atoms with Gasteiger partial charge in [0.25, 0.3) is 0 Å². The van der Waals surface area contributed by atoms with Gasteiger partial charge in [-0.1, -0.05) is 19.1 Å². The zero-order chi connectivity index (χ0) is 12.3. The van der Waals surface area contributed by atoms with Crippen LogP contribution in [0.1, 0.15) is 35.1 Å². The van der Waals surface area contributed by atoms with Gasteiger partial charge in [0, 0.05) is 0 Å². The molecule has 17 heavy (non-hydrogen) atoms. The minimum atomic E-state index is -0.230. The summed E-state index contributed by atoms with van der Waals surface area (Å²) in [6, 6.07) is 0. The first-order valence-corrected chi connectivity index (χ1v) is 6.78. The van der Waals surface area contributed by atoms with Crippen molar-refractivity contribution in [3.63, 3.8) is 0 Å². The number of rotatable bonds is 3. The molecular weight excluding hydrogens is 234 g/mol. The van der Waals surface area contributed by atoms with E-state index in [9.17, 15) is 4.79 Å². The van der Waals surface area contributed by atoms with Crippen molar-refractivity contribution in [2.24, 2.45) is 11.8 Å². The summed E-state index contributed by atoms with van der Waals surface area (Å²) >= 11 is 1.35. The molecule has 0 amide bonds. The number of nitrogens with zero attached hydrogens (tertiary/aromatic N) is 1. The van der Waals surface area contributed by atoms with Crippen molar-refractivity contribution >= 4 is 17.3 Å². The first kappa shape index (κ1) is 12.3. The summed E-state index contributed by atoms with van der Waals surface area (Å²) in [4.78, 5) is 16.5. The fourth-order valence-corrected chi connectivity index (χ4v) is 2.68. The van der Waals surface area contributed by atoms with Crippen LogP contribution >= 0.6 is 11.3 Å². The Morgan fingerprint density at radius 2 is 2.29 bits per heavy atom. The molecule has 0 aliphatic heterocycles. The minimum absolute atomic E-state index is 0.230. The van der Waals surface area contributed by atoms with Gasteiger partial charge >= 0.3 is 5.97 Å². The number of aromatic nitrogens is 1. The zero-order valence-corrected chi connectivity index (χ0v) is 11.0. The Balaban J connectivity index is 1.88. The topological polar surface area (TPSA) is 39.2 Å². The number of ether oxygens (including phenoxy) is 1. The molecule has 2 atom stereocenters. The summed E-state index contributed by atoms with van der Waals surface area (Å²) in [7, 11) is 0. The molecule has 4 heteroatoms. The van der Waals surface area contributed by atoms with Crippen LogP contribution in [0, 0.1) is 18.8 Å². The summed E-state index contributed by atoms with van der Waals surface area (Å²) < 4.78 is 5.37. The summed E-state index contributed by atoms with van der Waals surface area (Å²) in [5.41, 5.74) is 2.44. The summed E-state index contributed by atoms with van der Waals surface area (Å²) in [6.45, 7) is 4.56. The molecule has 0 N–H and O–H groups in total. The quantitative estimate of drug-likeness (QED) is 0.611. The lowest BCUT2D eigenvalue weighted by atomic mass is 9.85. The van der Waals surface area contributed by atoms with Gasteiger partial charge in [0.05, 0.1) is 17.8 Å². The molecule has 2 unspecified atom stereocenters. The Bertz CT molecular complexity index is 425. The molecule has 0 fully saturated rings. The van der Waals surface area contributed by atoms with E-state index in [1.54, 1.807) is 5.51 Å². The van der Waals surface area contributed by atoms with E-state index in [2.05, 4.69) is 24.1 Å². The highest BCUT2D eigenvalue weighted by molar-refractivity contribution is 7.11. The number of esters is 1. The molecular formula is C13H17NO2S. The predicted octanol–water partition coefficient (Wildman–Crippen LogP) is 3.21. The maximum Gasteiger partial charge on any atom is 0.350 e. The third-order valence-corrected chi connectivity index (χ3v) is 4.19. The first-order valence-electron chi connectivity index (χ1n) is 5.90. The predicted molar refractivity (Wildman–Crippen MR) is 68.2 cm³/mol. The fraction of sp³-hybridized carbons (Fsp3) is 0.538. The van der Waals surface area contributed by atoms with Gasteiger partial charge < -0.3 is 4.74 Å². The number of thiazole rings is 1. The second-order valence-electron chi connectivity index (χ2n) is 4.55. The van der Waals surface area contributed by atoms with Crippen molar-refractivity contribution in [1.29, 1.82) is 0 Å². The van der Waals surface area contributed by atoms with E-state index in [4.69, 9.17) is 4.74 Å². The molecule has 1 aliphatic rings. The van der Waals surface area contributed by atoms with Gasteiger partial charge in [-0.05, 0) is 31.6 Å².